The number of likely N-dealkylation sites (tertiary alicyclic amines) is 1. The summed E-state index contributed by atoms with van der Waals surface area (Å²) in [5.41, 5.74) is 0. The highest BCUT2D eigenvalue weighted by Crippen LogP contribution is 2.33. The maximum atomic E-state index is 12.7. The van der Waals surface area contributed by atoms with Gasteiger partial charge in [0, 0.05) is 19.7 Å². The lowest BCUT2D eigenvalue weighted by Crippen LogP contribution is -2.47. The summed E-state index contributed by atoms with van der Waals surface area (Å²) in [5, 5.41) is 9.33. The average molecular weight is 377 g/mol. The number of carbonyl (C=O) groups excluding carboxylic acids is 1. The zero-order valence-corrected chi connectivity index (χ0v) is 15.8. The third kappa shape index (κ3) is 4.53. The van der Waals surface area contributed by atoms with Gasteiger partial charge >= 0.3 is 5.97 Å². The zero-order valence-electron chi connectivity index (χ0n) is 15.8. The highest BCUT2D eigenvalue weighted by Gasteiger charge is 2.41. The van der Waals surface area contributed by atoms with Crippen molar-refractivity contribution in [1.29, 1.82) is 0 Å². The second-order valence-electron chi connectivity index (χ2n) is 7.17. The molecule has 1 N–H and O–H groups in total. The van der Waals surface area contributed by atoms with Crippen LogP contribution in [0.4, 0.5) is 0 Å². The van der Waals surface area contributed by atoms with Crippen LogP contribution < -0.4 is 9.47 Å². The highest BCUT2D eigenvalue weighted by atomic mass is 16.5. The van der Waals surface area contributed by atoms with Crippen molar-refractivity contribution in [3.05, 3.63) is 24.3 Å². The number of rotatable bonds is 6. The van der Waals surface area contributed by atoms with E-state index in [4.69, 9.17) is 14.2 Å². The van der Waals surface area contributed by atoms with E-state index in [9.17, 15) is 14.7 Å². The molecule has 2 aliphatic rings. The topological polar surface area (TPSA) is 85.3 Å². The van der Waals surface area contributed by atoms with Crippen molar-refractivity contribution in [3.63, 3.8) is 0 Å². The van der Waals surface area contributed by atoms with Crippen LogP contribution in [-0.2, 0) is 14.3 Å². The standard InChI is InChI=1S/C20H27NO6/c1-13(27-16-5-3-15(25-2)4-6-16)19(22)21-10-7-14(8-11-21)18-17(20(23)24)9-12-26-18/h3-6,13-14,17-18H,7-12H2,1-2H3,(H,23,24)/t13?,17?,18-/m0/s1. The van der Waals surface area contributed by atoms with Gasteiger partial charge in [-0.2, -0.15) is 0 Å². The van der Waals surface area contributed by atoms with Crippen LogP contribution in [0, 0.1) is 11.8 Å². The number of piperidine rings is 1. The monoisotopic (exact) mass is 377 g/mol. The van der Waals surface area contributed by atoms with Crippen LogP contribution in [0.2, 0.25) is 0 Å². The van der Waals surface area contributed by atoms with Crippen molar-refractivity contribution >= 4 is 11.9 Å². The molecule has 0 bridgehead atoms. The van der Waals surface area contributed by atoms with Gasteiger partial charge in [-0.3, -0.25) is 9.59 Å². The molecule has 27 heavy (non-hydrogen) atoms. The van der Waals surface area contributed by atoms with Gasteiger partial charge < -0.3 is 24.2 Å². The van der Waals surface area contributed by atoms with Crippen LogP contribution in [0.1, 0.15) is 26.2 Å². The van der Waals surface area contributed by atoms with E-state index in [-0.39, 0.29) is 17.9 Å². The molecule has 7 nitrogen and oxygen atoms in total. The molecule has 1 amide bonds. The number of amides is 1. The summed E-state index contributed by atoms with van der Waals surface area (Å²) in [5.74, 6) is 0.293. The number of nitrogens with zero attached hydrogens (tertiary/aromatic N) is 1. The van der Waals surface area contributed by atoms with E-state index in [0.29, 0.717) is 31.9 Å². The molecule has 2 unspecified atom stereocenters. The molecule has 0 radical (unpaired) electrons. The lowest BCUT2D eigenvalue weighted by Gasteiger charge is -2.36. The van der Waals surface area contributed by atoms with Gasteiger partial charge in [0.2, 0.25) is 0 Å². The van der Waals surface area contributed by atoms with Crippen LogP contribution in [0.25, 0.3) is 0 Å². The quantitative estimate of drug-likeness (QED) is 0.818. The fourth-order valence-corrected chi connectivity index (χ4v) is 3.95. The summed E-state index contributed by atoms with van der Waals surface area (Å²) in [6.45, 7) is 3.46. The molecule has 0 saturated carbocycles. The maximum absolute atomic E-state index is 12.7. The minimum Gasteiger partial charge on any atom is -0.497 e. The molecule has 1 aromatic rings. The number of benzene rings is 1. The van der Waals surface area contributed by atoms with E-state index in [2.05, 4.69) is 0 Å². The number of methoxy groups -OCH3 is 1. The van der Waals surface area contributed by atoms with Gasteiger partial charge in [0.1, 0.15) is 11.5 Å². The first-order valence-electron chi connectivity index (χ1n) is 9.43. The third-order valence-corrected chi connectivity index (χ3v) is 5.49. The van der Waals surface area contributed by atoms with Crippen molar-refractivity contribution < 1.29 is 28.9 Å². The Morgan fingerprint density at radius 2 is 1.78 bits per heavy atom. The van der Waals surface area contributed by atoms with Crippen LogP contribution in [0.5, 0.6) is 11.5 Å². The van der Waals surface area contributed by atoms with Crippen molar-refractivity contribution in [2.45, 2.75) is 38.4 Å². The van der Waals surface area contributed by atoms with Crippen LogP contribution >= 0.6 is 0 Å². The molecule has 2 fully saturated rings. The van der Waals surface area contributed by atoms with E-state index >= 15 is 0 Å². The van der Waals surface area contributed by atoms with Gasteiger partial charge in [0.25, 0.3) is 5.91 Å². The van der Waals surface area contributed by atoms with Crippen molar-refractivity contribution in [2.75, 3.05) is 26.8 Å². The Labute approximate surface area is 159 Å². The Kier molecular flexibility index (Phi) is 6.21. The van der Waals surface area contributed by atoms with Gasteiger partial charge in [-0.25, -0.2) is 0 Å². The molecule has 0 aliphatic carbocycles. The first-order valence-corrected chi connectivity index (χ1v) is 9.43. The Hall–Kier alpha value is -2.28. The molecular weight excluding hydrogens is 350 g/mol. The van der Waals surface area contributed by atoms with Crippen molar-refractivity contribution in [3.8, 4) is 11.5 Å². The van der Waals surface area contributed by atoms with Crippen LogP contribution in [0.3, 0.4) is 0 Å². The lowest BCUT2D eigenvalue weighted by atomic mass is 9.84. The Bertz CT molecular complexity index is 653. The molecule has 1 aromatic carbocycles. The molecule has 0 aromatic heterocycles. The number of hydrogen-bond donors (Lipinski definition) is 1. The molecule has 148 valence electrons. The lowest BCUT2D eigenvalue weighted by molar-refractivity contribution is -0.146. The summed E-state index contributed by atoms with van der Waals surface area (Å²) < 4.78 is 16.6. The van der Waals surface area contributed by atoms with Crippen LogP contribution in [-0.4, -0.2) is 60.9 Å². The summed E-state index contributed by atoms with van der Waals surface area (Å²) in [7, 11) is 1.60. The van der Waals surface area contributed by atoms with Gasteiger partial charge in [-0.1, -0.05) is 0 Å². The van der Waals surface area contributed by atoms with Crippen LogP contribution in [0.15, 0.2) is 24.3 Å². The molecule has 3 atom stereocenters. The Morgan fingerprint density at radius 3 is 2.37 bits per heavy atom. The average Bonchev–Trinajstić information content (AvgIpc) is 3.18. The fourth-order valence-electron chi connectivity index (χ4n) is 3.95. The second-order valence-corrected chi connectivity index (χ2v) is 7.17. The molecule has 0 spiro atoms. The largest absolute Gasteiger partial charge is 0.497 e. The predicted octanol–water partition coefficient (Wildman–Crippen LogP) is 2.19. The summed E-state index contributed by atoms with van der Waals surface area (Å²) in [6.07, 6.45) is 1.29. The van der Waals surface area contributed by atoms with Gasteiger partial charge in [0.05, 0.1) is 19.1 Å². The second kappa shape index (κ2) is 8.61. The predicted molar refractivity (Wildman–Crippen MR) is 97.9 cm³/mol. The number of hydrogen-bond acceptors (Lipinski definition) is 5. The zero-order chi connectivity index (χ0) is 19.4. The maximum Gasteiger partial charge on any atom is 0.309 e. The molecule has 2 saturated heterocycles. The molecule has 2 heterocycles. The summed E-state index contributed by atoms with van der Waals surface area (Å²) in [6, 6.07) is 7.13. The number of aliphatic carboxylic acids is 1. The third-order valence-electron chi connectivity index (χ3n) is 5.49. The highest BCUT2D eigenvalue weighted by molar-refractivity contribution is 5.81. The first-order chi connectivity index (χ1) is 13.0. The fraction of sp³-hybridized carbons (Fsp3) is 0.600. The SMILES string of the molecule is COc1ccc(OC(C)C(=O)N2CCC([C@@H]3OCCC3C(=O)O)CC2)cc1. The summed E-state index contributed by atoms with van der Waals surface area (Å²) >= 11 is 0. The Balaban J connectivity index is 1.50. The normalized spacial score (nSPS) is 24.4. The number of carbonyl (C=O) groups is 2. The minimum atomic E-state index is -0.780. The molecule has 2 aliphatic heterocycles. The number of carboxylic acids is 1. The van der Waals surface area contributed by atoms with Crippen molar-refractivity contribution in [2.24, 2.45) is 11.8 Å². The smallest absolute Gasteiger partial charge is 0.309 e. The molecular formula is C20H27NO6. The van der Waals surface area contributed by atoms with E-state index in [1.54, 1.807) is 43.2 Å². The van der Waals surface area contributed by atoms with E-state index < -0.39 is 18.0 Å². The van der Waals surface area contributed by atoms with E-state index in [0.717, 1.165) is 18.6 Å². The molecule has 7 heteroatoms. The van der Waals surface area contributed by atoms with E-state index in [1.807, 2.05) is 0 Å². The summed E-state index contributed by atoms with van der Waals surface area (Å²) in [4.78, 5) is 25.8. The minimum absolute atomic E-state index is 0.0496. The van der Waals surface area contributed by atoms with Gasteiger partial charge in [-0.15, -0.1) is 0 Å². The Morgan fingerprint density at radius 1 is 1.15 bits per heavy atom. The molecule has 3 rings (SSSR count). The number of ether oxygens (including phenoxy) is 3. The van der Waals surface area contributed by atoms with Gasteiger partial charge in [0.15, 0.2) is 6.10 Å². The van der Waals surface area contributed by atoms with E-state index in [1.165, 1.54) is 0 Å². The van der Waals surface area contributed by atoms with Crippen molar-refractivity contribution in [1.82, 2.24) is 4.90 Å². The first kappa shape index (κ1) is 19.5. The number of carboxylic acid groups (broad SMARTS) is 1. The van der Waals surface area contributed by atoms with Gasteiger partial charge in [-0.05, 0) is 56.4 Å².